The normalized spacial score (nSPS) is 21.5. The molecule has 0 radical (unpaired) electrons. The molecular formula is C19H29N3O2. The van der Waals surface area contributed by atoms with Crippen molar-refractivity contribution >= 4 is 11.6 Å². The smallest absolute Gasteiger partial charge is 0.237 e. The molecule has 1 unspecified atom stereocenters. The summed E-state index contributed by atoms with van der Waals surface area (Å²) in [6.45, 7) is 5.35. The Morgan fingerprint density at radius 2 is 1.79 bits per heavy atom. The number of nitrogens with one attached hydrogen (secondary N) is 1. The Hall–Kier alpha value is -1.75. The predicted molar refractivity (Wildman–Crippen MR) is 96.4 cm³/mol. The van der Waals surface area contributed by atoms with Gasteiger partial charge in [0.25, 0.3) is 0 Å². The van der Waals surface area contributed by atoms with Gasteiger partial charge in [-0.1, -0.05) is 31.4 Å². The molecule has 1 atom stereocenters. The molecule has 0 bridgehead atoms. The molecule has 1 saturated heterocycles. The molecule has 5 heteroatoms. The second-order valence-corrected chi connectivity index (χ2v) is 7.03. The number of phenolic OH excluding ortho intramolecular Hbond substituents is 1. The lowest BCUT2D eigenvalue weighted by Crippen LogP contribution is -2.55. The van der Waals surface area contributed by atoms with E-state index in [-0.39, 0.29) is 11.9 Å². The SMILES string of the molecule is CC(C(=O)NC1CCCCC1)N1CCN(c2ccccc2O)CC1. The van der Waals surface area contributed by atoms with Crippen LogP contribution in [-0.4, -0.2) is 54.2 Å². The highest BCUT2D eigenvalue weighted by Crippen LogP contribution is 2.27. The lowest BCUT2D eigenvalue weighted by atomic mass is 9.95. The van der Waals surface area contributed by atoms with E-state index in [0.717, 1.165) is 44.7 Å². The predicted octanol–water partition coefficient (Wildman–Crippen LogP) is 2.35. The van der Waals surface area contributed by atoms with E-state index in [1.54, 1.807) is 6.07 Å². The van der Waals surface area contributed by atoms with Crippen LogP contribution >= 0.6 is 0 Å². The summed E-state index contributed by atoms with van der Waals surface area (Å²) in [5.74, 6) is 0.493. The van der Waals surface area contributed by atoms with E-state index >= 15 is 0 Å². The van der Waals surface area contributed by atoms with Crippen LogP contribution in [0.15, 0.2) is 24.3 Å². The number of nitrogens with zero attached hydrogens (tertiary/aromatic N) is 2. The Morgan fingerprint density at radius 3 is 2.46 bits per heavy atom. The van der Waals surface area contributed by atoms with Gasteiger partial charge in [0.05, 0.1) is 11.7 Å². The number of amides is 1. The second-order valence-electron chi connectivity index (χ2n) is 7.03. The minimum Gasteiger partial charge on any atom is -0.506 e. The number of phenols is 1. The summed E-state index contributed by atoms with van der Waals surface area (Å²) in [4.78, 5) is 16.9. The molecule has 0 spiro atoms. The van der Waals surface area contributed by atoms with Crippen LogP contribution in [0, 0.1) is 0 Å². The van der Waals surface area contributed by atoms with E-state index in [1.807, 2.05) is 25.1 Å². The molecule has 1 aliphatic heterocycles. The van der Waals surface area contributed by atoms with Crippen molar-refractivity contribution in [3.63, 3.8) is 0 Å². The zero-order valence-electron chi connectivity index (χ0n) is 14.6. The molecule has 1 heterocycles. The Balaban J connectivity index is 1.50. The summed E-state index contributed by atoms with van der Waals surface area (Å²) in [6, 6.07) is 7.75. The van der Waals surface area contributed by atoms with Gasteiger partial charge in [0.1, 0.15) is 5.75 Å². The minimum atomic E-state index is -0.0848. The van der Waals surface area contributed by atoms with Gasteiger partial charge in [-0.25, -0.2) is 0 Å². The molecule has 2 fully saturated rings. The van der Waals surface area contributed by atoms with Crippen LogP contribution in [0.3, 0.4) is 0 Å². The number of aromatic hydroxyl groups is 1. The topological polar surface area (TPSA) is 55.8 Å². The molecule has 0 aromatic heterocycles. The first-order valence-corrected chi connectivity index (χ1v) is 9.22. The van der Waals surface area contributed by atoms with Crippen LogP contribution in [0.5, 0.6) is 5.75 Å². The van der Waals surface area contributed by atoms with E-state index < -0.39 is 0 Å². The first-order chi connectivity index (χ1) is 11.6. The van der Waals surface area contributed by atoms with Gasteiger partial charge in [-0.3, -0.25) is 9.69 Å². The lowest BCUT2D eigenvalue weighted by molar-refractivity contribution is -0.127. The standard InChI is InChI=1S/C19H29N3O2/c1-15(19(24)20-16-7-3-2-4-8-16)21-11-13-22(14-12-21)17-9-5-6-10-18(17)23/h5-6,9-10,15-16,23H,2-4,7-8,11-14H2,1H3,(H,20,24). The number of piperazine rings is 1. The number of anilines is 1. The number of para-hydroxylation sites is 2. The second kappa shape index (κ2) is 7.88. The van der Waals surface area contributed by atoms with Gasteiger partial charge in [-0.05, 0) is 31.9 Å². The highest BCUT2D eigenvalue weighted by atomic mass is 16.3. The monoisotopic (exact) mass is 331 g/mol. The first-order valence-electron chi connectivity index (χ1n) is 9.22. The molecule has 1 aromatic carbocycles. The van der Waals surface area contributed by atoms with Gasteiger partial charge in [0.2, 0.25) is 5.91 Å². The number of rotatable bonds is 4. The third-order valence-electron chi connectivity index (χ3n) is 5.42. The molecule has 1 amide bonds. The van der Waals surface area contributed by atoms with Gasteiger partial charge >= 0.3 is 0 Å². The van der Waals surface area contributed by atoms with Crippen molar-refractivity contribution in [2.45, 2.75) is 51.1 Å². The van der Waals surface area contributed by atoms with Crippen LogP contribution in [0.4, 0.5) is 5.69 Å². The van der Waals surface area contributed by atoms with E-state index in [1.165, 1.54) is 19.3 Å². The fraction of sp³-hybridized carbons (Fsp3) is 0.632. The Bertz CT molecular complexity index is 549. The summed E-state index contributed by atoms with van der Waals surface area (Å²) in [6.07, 6.45) is 6.02. The van der Waals surface area contributed by atoms with Crippen molar-refractivity contribution in [3.8, 4) is 5.75 Å². The van der Waals surface area contributed by atoms with E-state index in [2.05, 4.69) is 15.1 Å². The summed E-state index contributed by atoms with van der Waals surface area (Å²) in [5, 5.41) is 13.2. The first kappa shape index (κ1) is 17.1. The quantitative estimate of drug-likeness (QED) is 0.889. The van der Waals surface area contributed by atoms with Crippen molar-refractivity contribution in [2.75, 3.05) is 31.1 Å². The van der Waals surface area contributed by atoms with Crippen LogP contribution < -0.4 is 10.2 Å². The summed E-state index contributed by atoms with van der Waals surface area (Å²) in [7, 11) is 0. The number of carbonyl (C=O) groups is 1. The zero-order valence-corrected chi connectivity index (χ0v) is 14.6. The Labute approximate surface area is 144 Å². The molecule has 1 saturated carbocycles. The number of benzene rings is 1. The van der Waals surface area contributed by atoms with Gasteiger partial charge < -0.3 is 15.3 Å². The lowest BCUT2D eigenvalue weighted by Gasteiger charge is -2.39. The molecule has 1 aromatic rings. The van der Waals surface area contributed by atoms with E-state index in [0.29, 0.717) is 11.8 Å². The number of carbonyl (C=O) groups excluding carboxylic acids is 1. The van der Waals surface area contributed by atoms with Crippen molar-refractivity contribution in [2.24, 2.45) is 0 Å². The van der Waals surface area contributed by atoms with Crippen molar-refractivity contribution < 1.29 is 9.90 Å². The average Bonchev–Trinajstić information content (AvgIpc) is 2.62. The molecule has 132 valence electrons. The maximum Gasteiger partial charge on any atom is 0.237 e. The fourth-order valence-corrected chi connectivity index (χ4v) is 3.82. The van der Waals surface area contributed by atoms with E-state index in [4.69, 9.17) is 0 Å². The van der Waals surface area contributed by atoms with E-state index in [9.17, 15) is 9.90 Å². The maximum absolute atomic E-state index is 12.5. The van der Waals surface area contributed by atoms with Crippen molar-refractivity contribution in [1.29, 1.82) is 0 Å². The molecule has 1 aliphatic carbocycles. The largest absolute Gasteiger partial charge is 0.506 e. The summed E-state index contributed by atoms with van der Waals surface area (Å²) in [5.41, 5.74) is 0.886. The van der Waals surface area contributed by atoms with Gasteiger partial charge in [-0.2, -0.15) is 0 Å². The maximum atomic E-state index is 12.5. The fourth-order valence-electron chi connectivity index (χ4n) is 3.82. The highest BCUT2D eigenvalue weighted by molar-refractivity contribution is 5.81. The number of hydrogen-bond acceptors (Lipinski definition) is 4. The van der Waals surface area contributed by atoms with Crippen LogP contribution in [0.1, 0.15) is 39.0 Å². The van der Waals surface area contributed by atoms with Gasteiger partial charge in [-0.15, -0.1) is 0 Å². The minimum absolute atomic E-state index is 0.0848. The van der Waals surface area contributed by atoms with Crippen molar-refractivity contribution in [3.05, 3.63) is 24.3 Å². The summed E-state index contributed by atoms with van der Waals surface area (Å²) >= 11 is 0. The Morgan fingerprint density at radius 1 is 1.12 bits per heavy atom. The number of hydrogen-bond donors (Lipinski definition) is 2. The average molecular weight is 331 g/mol. The Kier molecular flexibility index (Phi) is 5.61. The van der Waals surface area contributed by atoms with Crippen LogP contribution in [0.2, 0.25) is 0 Å². The molecule has 5 nitrogen and oxygen atoms in total. The third-order valence-corrected chi connectivity index (χ3v) is 5.42. The molecule has 24 heavy (non-hydrogen) atoms. The summed E-state index contributed by atoms with van der Waals surface area (Å²) < 4.78 is 0. The molecule has 2 N–H and O–H groups in total. The van der Waals surface area contributed by atoms with Crippen LogP contribution in [-0.2, 0) is 4.79 Å². The van der Waals surface area contributed by atoms with Crippen LogP contribution in [0.25, 0.3) is 0 Å². The highest BCUT2D eigenvalue weighted by Gasteiger charge is 2.27. The van der Waals surface area contributed by atoms with Gasteiger partial charge in [0.15, 0.2) is 0 Å². The zero-order chi connectivity index (χ0) is 16.9. The molecule has 3 rings (SSSR count). The van der Waals surface area contributed by atoms with Gasteiger partial charge in [0, 0.05) is 32.2 Å². The van der Waals surface area contributed by atoms with Crippen molar-refractivity contribution in [1.82, 2.24) is 10.2 Å². The third kappa shape index (κ3) is 4.01. The molecular weight excluding hydrogens is 302 g/mol. The molecule has 2 aliphatic rings.